The predicted octanol–water partition coefficient (Wildman–Crippen LogP) is 1.17. The second-order valence-electron chi connectivity index (χ2n) is 5.85. The molecule has 0 bridgehead atoms. The molecule has 2 aliphatic rings. The van der Waals surface area contributed by atoms with Crippen molar-refractivity contribution < 1.29 is 14.6 Å². The first kappa shape index (κ1) is 14.6. The molecule has 1 aromatic rings. The average Bonchev–Trinajstić information content (AvgIpc) is 2.92. The van der Waals surface area contributed by atoms with E-state index < -0.39 is 6.10 Å². The van der Waals surface area contributed by atoms with E-state index in [0.717, 1.165) is 23.6 Å². The second-order valence-corrected chi connectivity index (χ2v) is 5.85. The smallest absolute Gasteiger partial charge is 0.161 e. The molecular formula is C16H24N2O3. The van der Waals surface area contributed by atoms with Gasteiger partial charge in [0.25, 0.3) is 0 Å². The summed E-state index contributed by atoms with van der Waals surface area (Å²) in [5, 5.41) is 13.7. The average molecular weight is 292 g/mol. The third kappa shape index (κ3) is 3.48. The van der Waals surface area contributed by atoms with Crippen molar-refractivity contribution in [2.75, 3.05) is 39.9 Å². The van der Waals surface area contributed by atoms with Gasteiger partial charge in [0, 0.05) is 19.1 Å². The van der Waals surface area contributed by atoms with E-state index in [0.29, 0.717) is 25.8 Å². The number of hydrogen-bond donors (Lipinski definition) is 2. The van der Waals surface area contributed by atoms with Crippen molar-refractivity contribution in [2.24, 2.45) is 0 Å². The Bertz CT molecular complexity index is 481. The first-order valence-electron chi connectivity index (χ1n) is 7.72. The fourth-order valence-corrected chi connectivity index (χ4v) is 3.01. The molecule has 21 heavy (non-hydrogen) atoms. The van der Waals surface area contributed by atoms with Gasteiger partial charge >= 0.3 is 0 Å². The first-order chi connectivity index (χ1) is 10.2. The summed E-state index contributed by atoms with van der Waals surface area (Å²) < 4.78 is 11.0. The summed E-state index contributed by atoms with van der Waals surface area (Å²) in [7, 11) is 2.16. The highest BCUT2D eigenvalue weighted by Gasteiger charge is 2.21. The fraction of sp³-hybridized carbons (Fsp3) is 0.625. The summed E-state index contributed by atoms with van der Waals surface area (Å²) in [6.45, 7) is 3.82. The molecule has 2 unspecified atom stereocenters. The van der Waals surface area contributed by atoms with Crippen molar-refractivity contribution in [3.63, 3.8) is 0 Å². The van der Waals surface area contributed by atoms with Gasteiger partial charge in [-0.25, -0.2) is 0 Å². The summed E-state index contributed by atoms with van der Waals surface area (Å²) in [6, 6.07) is 6.25. The number of nitrogens with zero attached hydrogens (tertiary/aromatic N) is 1. The molecule has 0 radical (unpaired) electrons. The number of likely N-dealkylation sites (tertiary alicyclic amines) is 1. The van der Waals surface area contributed by atoms with Crippen LogP contribution in [0.15, 0.2) is 18.2 Å². The predicted molar refractivity (Wildman–Crippen MR) is 80.9 cm³/mol. The highest BCUT2D eigenvalue weighted by Crippen LogP contribution is 2.32. The summed E-state index contributed by atoms with van der Waals surface area (Å²) in [4.78, 5) is 2.38. The number of likely N-dealkylation sites (N-methyl/N-ethyl adjacent to an activating group) is 1. The van der Waals surface area contributed by atoms with Crippen LogP contribution in [0.3, 0.4) is 0 Å². The first-order valence-corrected chi connectivity index (χ1v) is 7.72. The molecule has 5 nitrogen and oxygen atoms in total. The van der Waals surface area contributed by atoms with Gasteiger partial charge in [-0.2, -0.15) is 0 Å². The van der Waals surface area contributed by atoms with Gasteiger partial charge in [0.1, 0.15) is 13.2 Å². The van der Waals surface area contributed by atoms with Gasteiger partial charge in [-0.3, -0.25) is 0 Å². The van der Waals surface area contributed by atoms with Crippen molar-refractivity contribution >= 4 is 0 Å². The Morgan fingerprint density at radius 2 is 2.14 bits per heavy atom. The Morgan fingerprint density at radius 1 is 1.33 bits per heavy atom. The molecule has 2 N–H and O–H groups in total. The fourth-order valence-electron chi connectivity index (χ4n) is 3.01. The van der Waals surface area contributed by atoms with E-state index >= 15 is 0 Å². The van der Waals surface area contributed by atoms with Crippen LogP contribution in [0, 0.1) is 0 Å². The number of rotatable bonds is 5. The van der Waals surface area contributed by atoms with Gasteiger partial charge in [-0.15, -0.1) is 0 Å². The van der Waals surface area contributed by atoms with Gasteiger partial charge in [-0.05, 0) is 44.1 Å². The zero-order valence-corrected chi connectivity index (χ0v) is 12.5. The van der Waals surface area contributed by atoms with Gasteiger partial charge < -0.3 is 24.8 Å². The summed E-state index contributed by atoms with van der Waals surface area (Å²) >= 11 is 0. The molecular weight excluding hydrogens is 268 g/mol. The zero-order chi connectivity index (χ0) is 14.7. The highest BCUT2D eigenvalue weighted by molar-refractivity contribution is 5.44. The number of aliphatic hydroxyl groups is 1. The molecule has 116 valence electrons. The molecule has 0 spiro atoms. The van der Waals surface area contributed by atoms with Crippen LogP contribution in [-0.2, 0) is 0 Å². The summed E-state index contributed by atoms with van der Waals surface area (Å²) in [6.07, 6.45) is 1.99. The third-order valence-electron chi connectivity index (χ3n) is 4.34. The molecule has 0 saturated carbocycles. The van der Waals surface area contributed by atoms with E-state index in [1.807, 2.05) is 18.2 Å². The van der Waals surface area contributed by atoms with Crippen LogP contribution in [-0.4, -0.2) is 55.9 Å². The van der Waals surface area contributed by atoms with E-state index in [1.165, 1.54) is 19.4 Å². The summed E-state index contributed by atoms with van der Waals surface area (Å²) in [5.74, 6) is 1.49. The third-order valence-corrected chi connectivity index (χ3v) is 4.34. The molecule has 1 aromatic carbocycles. The van der Waals surface area contributed by atoms with Crippen LogP contribution in [0.1, 0.15) is 24.5 Å². The van der Waals surface area contributed by atoms with Crippen molar-refractivity contribution in [3.05, 3.63) is 23.8 Å². The lowest BCUT2D eigenvalue weighted by Crippen LogP contribution is -2.37. The monoisotopic (exact) mass is 292 g/mol. The number of fused-ring (bicyclic) bond motifs is 1. The lowest BCUT2D eigenvalue weighted by Gasteiger charge is -2.22. The Labute approximate surface area is 125 Å². The minimum atomic E-state index is -0.521. The maximum Gasteiger partial charge on any atom is 0.161 e. The normalized spacial score (nSPS) is 23.2. The minimum Gasteiger partial charge on any atom is -0.486 e. The number of hydrogen-bond acceptors (Lipinski definition) is 5. The van der Waals surface area contributed by atoms with Crippen molar-refractivity contribution in [3.8, 4) is 11.5 Å². The van der Waals surface area contributed by atoms with Gasteiger partial charge in [0.15, 0.2) is 11.5 Å². The number of nitrogens with one attached hydrogen (secondary N) is 1. The number of benzene rings is 1. The van der Waals surface area contributed by atoms with Gasteiger partial charge in [0.2, 0.25) is 0 Å². The van der Waals surface area contributed by atoms with Crippen LogP contribution in [0.4, 0.5) is 0 Å². The molecule has 3 rings (SSSR count). The highest BCUT2D eigenvalue weighted by atomic mass is 16.6. The van der Waals surface area contributed by atoms with E-state index in [2.05, 4.69) is 17.3 Å². The van der Waals surface area contributed by atoms with E-state index in [9.17, 15) is 5.11 Å². The number of aliphatic hydroxyl groups excluding tert-OH is 1. The number of ether oxygens (including phenoxy) is 2. The molecule has 2 aliphatic heterocycles. The standard InChI is InChI=1S/C16H24N2O3/c1-18-6-2-3-13(18)10-17-11-14(19)12-4-5-15-16(9-12)21-8-7-20-15/h4-5,9,13-14,17,19H,2-3,6-8,10-11H2,1H3. The summed E-state index contributed by atoms with van der Waals surface area (Å²) in [5.41, 5.74) is 0.867. The largest absolute Gasteiger partial charge is 0.486 e. The molecule has 0 amide bonds. The van der Waals surface area contributed by atoms with Crippen molar-refractivity contribution in [1.82, 2.24) is 10.2 Å². The van der Waals surface area contributed by atoms with Gasteiger partial charge in [-0.1, -0.05) is 6.07 Å². The van der Waals surface area contributed by atoms with Crippen molar-refractivity contribution in [2.45, 2.75) is 25.0 Å². The van der Waals surface area contributed by atoms with Crippen LogP contribution in [0.5, 0.6) is 11.5 Å². The van der Waals surface area contributed by atoms with E-state index in [1.54, 1.807) is 0 Å². The molecule has 2 heterocycles. The topological polar surface area (TPSA) is 54.0 Å². The maximum absolute atomic E-state index is 10.3. The van der Waals surface area contributed by atoms with Crippen LogP contribution in [0.2, 0.25) is 0 Å². The van der Waals surface area contributed by atoms with E-state index in [-0.39, 0.29) is 0 Å². The Kier molecular flexibility index (Phi) is 4.63. The maximum atomic E-state index is 10.3. The molecule has 0 aliphatic carbocycles. The van der Waals surface area contributed by atoms with E-state index in [4.69, 9.17) is 9.47 Å². The van der Waals surface area contributed by atoms with Crippen LogP contribution >= 0.6 is 0 Å². The molecule has 1 saturated heterocycles. The van der Waals surface area contributed by atoms with Crippen LogP contribution in [0.25, 0.3) is 0 Å². The molecule has 1 fully saturated rings. The molecule has 5 heteroatoms. The second kappa shape index (κ2) is 6.64. The van der Waals surface area contributed by atoms with Gasteiger partial charge in [0.05, 0.1) is 6.10 Å². The van der Waals surface area contributed by atoms with Crippen molar-refractivity contribution in [1.29, 1.82) is 0 Å². The Morgan fingerprint density at radius 3 is 2.90 bits per heavy atom. The molecule has 2 atom stereocenters. The lowest BCUT2D eigenvalue weighted by atomic mass is 10.1. The Hall–Kier alpha value is -1.30. The quantitative estimate of drug-likeness (QED) is 0.853. The molecule has 0 aromatic heterocycles. The zero-order valence-electron chi connectivity index (χ0n) is 12.5. The minimum absolute atomic E-state index is 0.521. The van der Waals surface area contributed by atoms with Crippen LogP contribution < -0.4 is 14.8 Å². The Balaban J connectivity index is 1.52. The SMILES string of the molecule is CN1CCCC1CNCC(O)c1ccc2c(c1)OCCO2. The lowest BCUT2D eigenvalue weighted by molar-refractivity contribution is 0.161.